The number of para-hydroxylation sites is 1. The van der Waals surface area contributed by atoms with Crippen LogP contribution in [0.3, 0.4) is 0 Å². The smallest absolute Gasteiger partial charge is 0.262 e. The minimum atomic E-state index is -0.170. The molecular weight excluding hydrogens is 304 g/mol. The summed E-state index contributed by atoms with van der Waals surface area (Å²) in [5.41, 5.74) is 3.75. The Morgan fingerprint density at radius 1 is 1.21 bits per heavy atom. The Balaban J connectivity index is 1.55. The Hall–Kier alpha value is -2.82. The average Bonchev–Trinajstić information content (AvgIpc) is 2.61. The van der Waals surface area contributed by atoms with Gasteiger partial charge in [0, 0.05) is 12.2 Å². The van der Waals surface area contributed by atoms with Crippen molar-refractivity contribution in [3.63, 3.8) is 0 Å². The van der Waals surface area contributed by atoms with E-state index in [2.05, 4.69) is 11.4 Å². The Morgan fingerprint density at radius 3 is 3.00 bits per heavy atom. The quantitative estimate of drug-likeness (QED) is 0.924. The van der Waals surface area contributed by atoms with Crippen molar-refractivity contribution in [2.75, 3.05) is 23.4 Å². The molecule has 2 aliphatic heterocycles. The lowest BCUT2D eigenvalue weighted by atomic mass is 10.0. The summed E-state index contributed by atoms with van der Waals surface area (Å²) in [4.78, 5) is 26.1. The van der Waals surface area contributed by atoms with Crippen LogP contribution in [0, 0.1) is 0 Å². The molecule has 0 saturated heterocycles. The second kappa shape index (κ2) is 6.00. The number of hydrogen-bond donors (Lipinski definition) is 1. The van der Waals surface area contributed by atoms with Crippen molar-refractivity contribution in [2.24, 2.45) is 0 Å². The van der Waals surface area contributed by atoms with Gasteiger partial charge in [-0.2, -0.15) is 0 Å². The maximum atomic E-state index is 12.8. The number of ether oxygens (including phenoxy) is 1. The lowest BCUT2D eigenvalue weighted by Gasteiger charge is -2.29. The Labute approximate surface area is 140 Å². The number of amides is 2. The van der Waals surface area contributed by atoms with Crippen molar-refractivity contribution in [1.29, 1.82) is 0 Å². The standard InChI is InChI=1S/C19H18N2O3/c22-18-12-24-17-8-7-13(10-15(17)20-18)11-19(23)21-9-3-5-14-4-1-2-6-16(14)21/h1-2,4,6-8,10H,3,5,9,11-12H2,(H,20,22). The van der Waals surface area contributed by atoms with E-state index in [1.165, 1.54) is 5.56 Å². The van der Waals surface area contributed by atoms with Crippen molar-refractivity contribution < 1.29 is 14.3 Å². The molecule has 5 nitrogen and oxygen atoms in total. The van der Waals surface area contributed by atoms with Crippen LogP contribution < -0.4 is 15.0 Å². The molecule has 2 aromatic carbocycles. The molecule has 2 amide bonds. The Morgan fingerprint density at radius 2 is 2.08 bits per heavy atom. The number of carbonyl (C=O) groups is 2. The highest BCUT2D eigenvalue weighted by Crippen LogP contribution is 2.30. The summed E-state index contributed by atoms with van der Waals surface area (Å²) in [7, 11) is 0. The molecule has 4 rings (SSSR count). The third-order valence-electron chi connectivity index (χ3n) is 4.44. The van der Waals surface area contributed by atoms with Crippen LogP contribution in [-0.4, -0.2) is 25.0 Å². The van der Waals surface area contributed by atoms with Gasteiger partial charge in [0.25, 0.3) is 5.91 Å². The fraction of sp³-hybridized carbons (Fsp3) is 0.263. The summed E-state index contributed by atoms with van der Waals surface area (Å²) in [5, 5.41) is 2.78. The van der Waals surface area contributed by atoms with E-state index < -0.39 is 0 Å². The molecule has 2 aliphatic rings. The fourth-order valence-electron chi connectivity index (χ4n) is 3.30. The van der Waals surface area contributed by atoms with Crippen molar-refractivity contribution >= 4 is 23.2 Å². The largest absolute Gasteiger partial charge is 0.482 e. The Bertz CT molecular complexity index is 816. The SMILES string of the molecule is O=C1COc2ccc(CC(=O)N3CCCc4ccccc43)cc2N1. The monoisotopic (exact) mass is 322 g/mol. The summed E-state index contributed by atoms with van der Waals surface area (Å²) in [6.07, 6.45) is 2.30. The van der Waals surface area contributed by atoms with Gasteiger partial charge in [0.15, 0.2) is 6.61 Å². The van der Waals surface area contributed by atoms with Crippen LogP contribution in [0.15, 0.2) is 42.5 Å². The first kappa shape index (κ1) is 14.8. The second-order valence-corrected chi connectivity index (χ2v) is 6.12. The molecule has 24 heavy (non-hydrogen) atoms. The van der Waals surface area contributed by atoms with Crippen LogP contribution in [-0.2, 0) is 22.4 Å². The number of rotatable bonds is 2. The van der Waals surface area contributed by atoms with Crippen LogP contribution in [0.25, 0.3) is 0 Å². The molecule has 2 aromatic rings. The van der Waals surface area contributed by atoms with E-state index in [0.717, 1.165) is 30.6 Å². The molecule has 0 unspecified atom stereocenters. The molecule has 0 fully saturated rings. The second-order valence-electron chi connectivity index (χ2n) is 6.12. The molecule has 2 heterocycles. The van der Waals surface area contributed by atoms with Crippen LogP contribution in [0.2, 0.25) is 0 Å². The first-order chi connectivity index (χ1) is 11.7. The lowest BCUT2D eigenvalue weighted by Crippen LogP contribution is -2.36. The zero-order chi connectivity index (χ0) is 16.5. The van der Waals surface area contributed by atoms with Gasteiger partial charge in [0.2, 0.25) is 5.91 Å². The molecule has 1 N–H and O–H groups in total. The lowest BCUT2D eigenvalue weighted by molar-refractivity contribution is -0.119. The highest BCUT2D eigenvalue weighted by Gasteiger charge is 2.23. The number of benzene rings is 2. The molecule has 0 aromatic heterocycles. The summed E-state index contributed by atoms with van der Waals surface area (Å²) in [6.45, 7) is 0.788. The number of nitrogens with zero attached hydrogens (tertiary/aromatic N) is 1. The van der Waals surface area contributed by atoms with Crippen molar-refractivity contribution in [3.05, 3.63) is 53.6 Å². The average molecular weight is 322 g/mol. The van der Waals surface area contributed by atoms with Crippen LogP contribution >= 0.6 is 0 Å². The van der Waals surface area contributed by atoms with Gasteiger partial charge in [-0.25, -0.2) is 0 Å². The van der Waals surface area contributed by atoms with Crippen molar-refractivity contribution in [1.82, 2.24) is 0 Å². The summed E-state index contributed by atoms with van der Waals surface area (Å²) in [6, 6.07) is 13.6. The molecule has 0 bridgehead atoms. The van der Waals surface area contributed by atoms with Gasteiger partial charge in [-0.15, -0.1) is 0 Å². The first-order valence-corrected chi connectivity index (χ1v) is 8.14. The molecule has 122 valence electrons. The fourth-order valence-corrected chi connectivity index (χ4v) is 3.30. The van der Waals surface area contributed by atoms with Crippen molar-refractivity contribution in [3.8, 4) is 5.75 Å². The van der Waals surface area contributed by atoms with E-state index in [1.807, 2.05) is 41.3 Å². The number of fused-ring (bicyclic) bond motifs is 2. The molecule has 0 atom stereocenters. The van der Waals surface area contributed by atoms with E-state index in [-0.39, 0.29) is 18.4 Å². The first-order valence-electron chi connectivity index (χ1n) is 8.14. The molecule has 0 spiro atoms. The predicted molar refractivity (Wildman–Crippen MR) is 91.4 cm³/mol. The van der Waals surface area contributed by atoms with Gasteiger partial charge in [-0.05, 0) is 42.2 Å². The van der Waals surface area contributed by atoms with Crippen LogP contribution in [0.5, 0.6) is 5.75 Å². The third-order valence-corrected chi connectivity index (χ3v) is 4.44. The molecule has 0 radical (unpaired) electrons. The zero-order valence-corrected chi connectivity index (χ0v) is 13.2. The number of aryl methyl sites for hydroxylation is 1. The van der Waals surface area contributed by atoms with E-state index >= 15 is 0 Å². The normalized spacial score (nSPS) is 15.8. The van der Waals surface area contributed by atoms with E-state index in [9.17, 15) is 9.59 Å². The molecule has 0 aliphatic carbocycles. The summed E-state index contributed by atoms with van der Waals surface area (Å²) in [5.74, 6) is 0.551. The van der Waals surface area contributed by atoms with Gasteiger partial charge in [-0.1, -0.05) is 24.3 Å². The van der Waals surface area contributed by atoms with Crippen molar-refractivity contribution in [2.45, 2.75) is 19.3 Å². The minimum absolute atomic E-state index is 0.0375. The van der Waals surface area contributed by atoms with E-state index in [4.69, 9.17) is 4.74 Å². The maximum absolute atomic E-state index is 12.8. The highest BCUT2D eigenvalue weighted by atomic mass is 16.5. The number of anilines is 2. The summed E-state index contributed by atoms with van der Waals surface area (Å²) < 4.78 is 5.35. The van der Waals surface area contributed by atoms with Gasteiger partial charge in [0.05, 0.1) is 12.1 Å². The van der Waals surface area contributed by atoms with E-state index in [1.54, 1.807) is 0 Å². The molecule has 0 saturated carbocycles. The zero-order valence-electron chi connectivity index (χ0n) is 13.2. The molecule has 5 heteroatoms. The van der Waals surface area contributed by atoms with Gasteiger partial charge < -0.3 is 15.0 Å². The number of carbonyl (C=O) groups excluding carboxylic acids is 2. The molecular formula is C19H18N2O3. The predicted octanol–water partition coefficient (Wildman–Crippen LogP) is 2.54. The highest BCUT2D eigenvalue weighted by molar-refractivity contribution is 5.97. The maximum Gasteiger partial charge on any atom is 0.262 e. The van der Waals surface area contributed by atoms with Crippen LogP contribution in [0.4, 0.5) is 11.4 Å². The van der Waals surface area contributed by atoms with Gasteiger partial charge >= 0.3 is 0 Å². The minimum Gasteiger partial charge on any atom is -0.482 e. The van der Waals surface area contributed by atoms with Crippen LogP contribution in [0.1, 0.15) is 17.5 Å². The van der Waals surface area contributed by atoms with Gasteiger partial charge in [-0.3, -0.25) is 9.59 Å². The number of hydrogen-bond acceptors (Lipinski definition) is 3. The van der Waals surface area contributed by atoms with E-state index in [0.29, 0.717) is 17.9 Å². The number of nitrogens with one attached hydrogen (secondary N) is 1. The third kappa shape index (κ3) is 2.73. The topological polar surface area (TPSA) is 58.6 Å². The Kier molecular flexibility index (Phi) is 3.69. The van der Waals surface area contributed by atoms with Gasteiger partial charge in [0.1, 0.15) is 5.75 Å². The summed E-state index contributed by atoms with van der Waals surface area (Å²) >= 11 is 0.